The Morgan fingerprint density at radius 2 is 2.10 bits per heavy atom. The van der Waals surface area contributed by atoms with Gasteiger partial charge in [0.25, 0.3) is 0 Å². The number of amides is 1. The van der Waals surface area contributed by atoms with Crippen LogP contribution >= 0.6 is 0 Å². The molecule has 6 heteroatoms. The van der Waals surface area contributed by atoms with E-state index in [1.165, 1.54) is 0 Å². The van der Waals surface area contributed by atoms with Gasteiger partial charge in [-0.3, -0.25) is 14.4 Å². The number of carbonyl (C=O) groups excluding carboxylic acids is 1. The fourth-order valence-electron chi connectivity index (χ4n) is 2.91. The third-order valence-corrected chi connectivity index (χ3v) is 4.62. The Hall–Kier alpha value is -1.40. The lowest BCUT2D eigenvalue weighted by molar-refractivity contribution is -0.120. The molecular weight excluding hydrogens is 268 g/mol. The molecule has 0 radical (unpaired) electrons. The van der Waals surface area contributed by atoms with Crippen molar-refractivity contribution in [1.29, 1.82) is 0 Å². The van der Waals surface area contributed by atoms with Crippen LogP contribution in [-0.2, 0) is 11.8 Å². The van der Waals surface area contributed by atoms with Gasteiger partial charge in [-0.15, -0.1) is 0 Å². The van der Waals surface area contributed by atoms with Crippen LogP contribution in [-0.4, -0.2) is 50.9 Å². The first-order chi connectivity index (χ1) is 9.81. The summed E-state index contributed by atoms with van der Waals surface area (Å²) in [5.41, 5.74) is 2.59. The number of rotatable bonds is 4. The molecule has 6 nitrogen and oxygen atoms in total. The zero-order valence-corrected chi connectivity index (χ0v) is 13.6. The maximum absolute atomic E-state index is 12.4. The van der Waals surface area contributed by atoms with Crippen LogP contribution in [0.3, 0.4) is 0 Å². The molecule has 1 saturated heterocycles. The molecule has 2 heterocycles. The van der Waals surface area contributed by atoms with Gasteiger partial charge in [0.1, 0.15) is 0 Å². The van der Waals surface area contributed by atoms with Crippen molar-refractivity contribution in [3.05, 3.63) is 11.4 Å². The van der Waals surface area contributed by atoms with Gasteiger partial charge in [-0.2, -0.15) is 5.10 Å². The number of anilines is 1. The van der Waals surface area contributed by atoms with Crippen LogP contribution in [0.5, 0.6) is 0 Å². The topological polar surface area (TPSA) is 70.4 Å². The highest BCUT2D eigenvalue weighted by Crippen LogP contribution is 2.23. The molecule has 0 spiro atoms. The molecule has 1 aromatic heterocycles. The number of aromatic nitrogens is 2. The number of aliphatic hydroxyl groups is 1. The molecule has 0 bridgehead atoms. The summed E-state index contributed by atoms with van der Waals surface area (Å²) in [5, 5.41) is 17.0. The first kappa shape index (κ1) is 16.0. The van der Waals surface area contributed by atoms with Crippen molar-refractivity contribution in [3.63, 3.8) is 0 Å². The Bertz CT molecular complexity index is 524. The lowest BCUT2D eigenvalue weighted by Crippen LogP contribution is -2.41. The predicted octanol–water partition coefficient (Wildman–Crippen LogP) is 1.07. The molecule has 2 rings (SSSR count). The summed E-state index contributed by atoms with van der Waals surface area (Å²) in [6.45, 7) is 9.21. The summed E-state index contributed by atoms with van der Waals surface area (Å²) in [6.07, 6.45) is 0.633. The summed E-state index contributed by atoms with van der Waals surface area (Å²) in [6, 6.07) is -0.201. The minimum Gasteiger partial charge on any atom is -0.393 e. The predicted molar refractivity (Wildman–Crippen MR) is 82.1 cm³/mol. The van der Waals surface area contributed by atoms with Crippen LogP contribution < -0.4 is 5.32 Å². The van der Waals surface area contributed by atoms with Gasteiger partial charge in [0, 0.05) is 13.6 Å². The standard InChI is InChI=1S/C15H26N4O2/c1-9-14(10(2)18(5)17-9)16-15(21)11(3)19-7-6-13(8-19)12(4)20/h11-13,20H,6-8H2,1-5H3,(H,16,21). The maximum atomic E-state index is 12.4. The Kier molecular flexibility index (Phi) is 4.68. The molecule has 0 aromatic carbocycles. The van der Waals surface area contributed by atoms with E-state index >= 15 is 0 Å². The summed E-state index contributed by atoms with van der Waals surface area (Å²) in [4.78, 5) is 14.6. The average Bonchev–Trinajstić information content (AvgIpc) is 2.99. The monoisotopic (exact) mass is 294 g/mol. The Balaban J connectivity index is 2.00. The van der Waals surface area contributed by atoms with E-state index in [1.54, 1.807) is 4.68 Å². The van der Waals surface area contributed by atoms with Gasteiger partial charge < -0.3 is 10.4 Å². The van der Waals surface area contributed by atoms with Crippen LogP contribution in [0.2, 0.25) is 0 Å². The first-order valence-corrected chi connectivity index (χ1v) is 7.54. The minimum absolute atomic E-state index is 0.0135. The van der Waals surface area contributed by atoms with Gasteiger partial charge in [-0.05, 0) is 46.6 Å². The van der Waals surface area contributed by atoms with Crippen molar-refractivity contribution < 1.29 is 9.90 Å². The average molecular weight is 294 g/mol. The van der Waals surface area contributed by atoms with E-state index in [0.717, 1.165) is 36.6 Å². The van der Waals surface area contributed by atoms with Crippen LogP contribution in [0, 0.1) is 19.8 Å². The molecule has 3 unspecified atom stereocenters. The van der Waals surface area contributed by atoms with E-state index in [-0.39, 0.29) is 24.0 Å². The Morgan fingerprint density at radius 3 is 2.57 bits per heavy atom. The van der Waals surface area contributed by atoms with Gasteiger partial charge in [-0.25, -0.2) is 0 Å². The van der Waals surface area contributed by atoms with Gasteiger partial charge in [0.15, 0.2) is 0 Å². The lowest BCUT2D eigenvalue weighted by Gasteiger charge is -2.24. The van der Waals surface area contributed by atoms with Gasteiger partial charge >= 0.3 is 0 Å². The Labute approximate surface area is 126 Å². The molecule has 0 saturated carbocycles. The first-order valence-electron chi connectivity index (χ1n) is 7.54. The molecule has 1 aliphatic rings. The molecule has 1 aliphatic heterocycles. The zero-order valence-electron chi connectivity index (χ0n) is 13.6. The van der Waals surface area contributed by atoms with E-state index in [2.05, 4.69) is 15.3 Å². The van der Waals surface area contributed by atoms with E-state index in [4.69, 9.17) is 0 Å². The van der Waals surface area contributed by atoms with Crippen molar-refractivity contribution in [2.24, 2.45) is 13.0 Å². The normalized spacial score (nSPS) is 22.3. The summed E-state index contributed by atoms with van der Waals surface area (Å²) in [7, 11) is 1.87. The molecule has 2 N–H and O–H groups in total. The second-order valence-corrected chi connectivity index (χ2v) is 6.12. The maximum Gasteiger partial charge on any atom is 0.241 e. The summed E-state index contributed by atoms with van der Waals surface area (Å²) in [5.74, 6) is 0.252. The molecule has 118 valence electrons. The SMILES string of the molecule is Cc1nn(C)c(C)c1NC(=O)C(C)N1CCC(C(C)O)C1. The number of likely N-dealkylation sites (tertiary alicyclic amines) is 1. The third kappa shape index (κ3) is 3.27. The summed E-state index contributed by atoms with van der Waals surface area (Å²) >= 11 is 0. The Morgan fingerprint density at radius 1 is 1.43 bits per heavy atom. The van der Waals surface area contributed by atoms with Gasteiger partial charge in [-0.1, -0.05) is 0 Å². The van der Waals surface area contributed by atoms with E-state index in [9.17, 15) is 9.90 Å². The van der Waals surface area contributed by atoms with Gasteiger partial charge in [0.05, 0.1) is 29.2 Å². The molecule has 0 aliphatic carbocycles. The molecule has 1 aromatic rings. The van der Waals surface area contributed by atoms with Crippen LogP contribution in [0.25, 0.3) is 0 Å². The lowest BCUT2D eigenvalue weighted by atomic mass is 10.0. The number of nitrogens with one attached hydrogen (secondary N) is 1. The highest BCUT2D eigenvalue weighted by Gasteiger charge is 2.32. The quantitative estimate of drug-likeness (QED) is 0.871. The fraction of sp³-hybridized carbons (Fsp3) is 0.733. The van der Waals surface area contributed by atoms with Crippen molar-refractivity contribution in [3.8, 4) is 0 Å². The van der Waals surface area contributed by atoms with Crippen LogP contribution in [0.4, 0.5) is 5.69 Å². The van der Waals surface area contributed by atoms with E-state index in [0.29, 0.717) is 0 Å². The minimum atomic E-state index is -0.312. The van der Waals surface area contributed by atoms with Crippen molar-refractivity contribution in [2.45, 2.75) is 46.3 Å². The van der Waals surface area contributed by atoms with Crippen molar-refractivity contribution >= 4 is 11.6 Å². The number of hydrogen-bond donors (Lipinski definition) is 2. The van der Waals surface area contributed by atoms with Crippen LogP contribution in [0.1, 0.15) is 31.7 Å². The number of nitrogens with zero attached hydrogens (tertiary/aromatic N) is 3. The number of aryl methyl sites for hydroxylation is 2. The molecular formula is C15H26N4O2. The van der Waals surface area contributed by atoms with Crippen molar-refractivity contribution in [1.82, 2.24) is 14.7 Å². The largest absolute Gasteiger partial charge is 0.393 e. The van der Waals surface area contributed by atoms with E-state index in [1.807, 2.05) is 34.7 Å². The second kappa shape index (κ2) is 6.15. The zero-order chi connectivity index (χ0) is 15.7. The van der Waals surface area contributed by atoms with Gasteiger partial charge in [0.2, 0.25) is 5.91 Å². The summed E-state index contributed by atoms with van der Waals surface area (Å²) < 4.78 is 1.77. The fourth-order valence-corrected chi connectivity index (χ4v) is 2.91. The smallest absolute Gasteiger partial charge is 0.241 e. The van der Waals surface area contributed by atoms with Crippen LogP contribution in [0.15, 0.2) is 0 Å². The molecule has 1 fully saturated rings. The number of hydrogen-bond acceptors (Lipinski definition) is 4. The highest BCUT2D eigenvalue weighted by atomic mass is 16.3. The van der Waals surface area contributed by atoms with E-state index < -0.39 is 0 Å². The molecule has 1 amide bonds. The molecule has 3 atom stereocenters. The second-order valence-electron chi connectivity index (χ2n) is 6.12. The third-order valence-electron chi connectivity index (χ3n) is 4.62. The number of carbonyl (C=O) groups is 1. The molecule has 21 heavy (non-hydrogen) atoms. The highest BCUT2D eigenvalue weighted by molar-refractivity contribution is 5.95. The number of aliphatic hydroxyl groups excluding tert-OH is 1. The van der Waals surface area contributed by atoms with Crippen molar-refractivity contribution in [2.75, 3.05) is 18.4 Å².